The van der Waals surface area contributed by atoms with Gasteiger partial charge in [-0.25, -0.2) is 10.2 Å². The van der Waals surface area contributed by atoms with Gasteiger partial charge in [-0.15, -0.1) is 0 Å². The zero-order valence-electron chi connectivity index (χ0n) is 11.6. The molecule has 6 N–H and O–H groups in total. The van der Waals surface area contributed by atoms with Crippen molar-refractivity contribution in [3.8, 4) is 0 Å². The van der Waals surface area contributed by atoms with Crippen molar-refractivity contribution in [2.75, 3.05) is 19.7 Å². The molecule has 0 radical (unpaired) electrons. The van der Waals surface area contributed by atoms with Gasteiger partial charge in [0, 0.05) is 0 Å². The van der Waals surface area contributed by atoms with Gasteiger partial charge in [0.25, 0.3) is 10.4 Å². The van der Waals surface area contributed by atoms with Gasteiger partial charge in [0.2, 0.25) is 6.08 Å². The smallest absolute Gasteiger partial charge is 0.273 e. The molecule has 0 spiro atoms. The lowest BCUT2D eigenvalue weighted by molar-refractivity contribution is 0.267. The number of ether oxygens (including phenoxy) is 1. The number of nitrogens with one attached hydrogen (secondary N) is 2. The molecule has 0 atom stereocenters. The number of thiol groups is 1. The van der Waals surface area contributed by atoms with Gasteiger partial charge >= 0.3 is 0 Å². The number of carbonyl (C=O) groups is 1. The summed E-state index contributed by atoms with van der Waals surface area (Å²) in [6.07, 6.45) is 1.71. The van der Waals surface area contributed by atoms with E-state index in [1.807, 2.05) is 6.92 Å². The second-order valence-electron chi connectivity index (χ2n) is 2.56. The molecule has 9 heteroatoms. The molecule has 0 aliphatic heterocycles. The van der Waals surface area contributed by atoms with E-state index >= 15 is 0 Å². The Labute approximate surface area is 125 Å². The maximum Gasteiger partial charge on any atom is 0.273 e. The Morgan fingerprint density at radius 1 is 1.37 bits per heavy atom. The predicted octanol–water partition coefficient (Wildman–Crippen LogP) is 1.17. The standard InChI is InChI=1S/C4H9NOS.C4H11N.CH3NOS.CHNO/c1-2-3-6-4(5)7;1-3-5-4-2;2-1(3)4;2-1-3/h2-3H2,1H3,(H2,5,7);5H,3-4H2,1-2H3;(H3,2,3,4);2H. The minimum Gasteiger partial charge on any atom is -0.471 e. The van der Waals surface area contributed by atoms with Gasteiger partial charge in [-0.3, -0.25) is 4.79 Å². The Bertz CT molecular complexity index is 229. The second kappa shape index (κ2) is 30.1. The van der Waals surface area contributed by atoms with Crippen LogP contribution in [0.1, 0.15) is 27.2 Å². The first-order valence-electron chi connectivity index (χ1n) is 5.48. The first-order chi connectivity index (χ1) is 8.83. The molecule has 7 nitrogen and oxygen atoms in total. The summed E-state index contributed by atoms with van der Waals surface area (Å²) in [5.74, 6) is 0. The van der Waals surface area contributed by atoms with Crippen LogP contribution in [0.5, 0.6) is 0 Å². The molecule has 0 aliphatic rings. The molecule has 114 valence electrons. The number of isocyanates is 1. The van der Waals surface area contributed by atoms with Crippen LogP contribution in [0.15, 0.2) is 0 Å². The fourth-order valence-corrected chi connectivity index (χ4v) is 0.536. The van der Waals surface area contributed by atoms with Crippen LogP contribution in [0.3, 0.4) is 0 Å². The number of amides is 1. The van der Waals surface area contributed by atoms with Crippen LogP contribution in [0.2, 0.25) is 0 Å². The molecular weight excluding hydrogens is 288 g/mol. The summed E-state index contributed by atoms with van der Waals surface area (Å²) in [7, 11) is 0. The van der Waals surface area contributed by atoms with E-state index in [2.05, 4.69) is 49.7 Å². The third kappa shape index (κ3) is 158. The molecule has 0 saturated carbocycles. The minimum atomic E-state index is -0.639. The fourth-order valence-electron chi connectivity index (χ4n) is 0.453. The quantitative estimate of drug-likeness (QED) is 0.229. The molecule has 0 aliphatic carbocycles. The van der Waals surface area contributed by atoms with E-state index in [9.17, 15) is 0 Å². The molecule has 1 amide bonds. The molecule has 0 unspecified atom stereocenters. The third-order valence-electron chi connectivity index (χ3n) is 0.948. The summed E-state index contributed by atoms with van der Waals surface area (Å²) in [6, 6.07) is 0. The van der Waals surface area contributed by atoms with Crippen molar-refractivity contribution in [2.45, 2.75) is 27.2 Å². The maximum atomic E-state index is 9.09. The zero-order chi connectivity index (χ0) is 16.1. The highest BCUT2D eigenvalue weighted by Crippen LogP contribution is 1.77. The van der Waals surface area contributed by atoms with Gasteiger partial charge in [0.05, 0.1) is 6.61 Å². The number of rotatable bonds is 4. The Kier molecular flexibility index (Phi) is 41.9. The van der Waals surface area contributed by atoms with Crippen LogP contribution in [-0.4, -0.2) is 36.2 Å². The SMILES string of the molecule is CCCOC(N)=S.CCNCC.N=C=O.NC(=O)S. The molecular formula is C10H24N4O3S2. The van der Waals surface area contributed by atoms with Crippen molar-refractivity contribution in [3.63, 3.8) is 0 Å². The van der Waals surface area contributed by atoms with Crippen LogP contribution in [0.4, 0.5) is 4.79 Å². The maximum absolute atomic E-state index is 9.09. The van der Waals surface area contributed by atoms with Crippen molar-refractivity contribution in [2.24, 2.45) is 11.5 Å². The van der Waals surface area contributed by atoms with Crippen LogP contribution in [-0.2, 0) is 9.53 Å². The van der Waals surface area contributed by atoms with Crippen molar-refractivity contribution in [1.82, 2.24) is 5.32 Å². The molecule has 0 saturated heterocycles. The Balaban J connectivity index is -0.0000000833. The van der Waals surface area contributed by atoms with E-state index in [4.69, 9.17) is 25.5 Å². The first-order valence-corrected chi connectivity index (χ1v) is 6.34. The van der Waals surface area contributed by atoms with E-state index in [1.165, 1.54) is 0 Å². The van der Waals surface area contributed by atoms with E-state index < -0.39 is 5.24 Å². The summed E-state index contributed by atoms with van der Waals surface area (Å²) < 4.78 is 4.70. The lowest BCUT2D eigenvalue weighted by Crippen LogP contribution is -2.12. The summed E-state index contributed by atoms with van der Waals surface area (Å²) in [4.78, 5) is 17.4. The Morgan fingerprint density at radius 3 is 1.74 bits per heavy atom. The number of thiocarbonyl (C=S) groups is 1. The normalized spacial score (nSPS) is 6.95. The molecule has 0 rings (SSSR count). The monoisotopic (exact) mass is 312 g/mol. The fraction of sp³-hybridized carbons (Fsp3) is 0.700. The van der Waals surface area contributed by atoms with E-state index in [-0.39, 0.29) is 5.17 Å². The van der Waals surface area contributed by atoms with Gasteiger partial charge in [-0.1, -0.05) is 33.4 Å². The van der Waals surface area contributed by atoms with E-state index in [1.54, 1.807) is 0 Å². The van der Waals surface area contributed by atoms with Crippen molar-refractivity contribution in [3.05, 3.63) is 0 Å². The van der Waals surface area contributed by atoms with Crippen molar-refractivity contribution in [1.29, 1.82) is 5.41 Å². The summed E-state index contributed by atoms with van der Waals surface area (Å²) in [5, 5.41) is 8.02. The Hall–Kier alpha value is -1.15. The number of nitrogens with two attached hydrogens (primary N) is 2. The number of hydrogen-bond donors (Lipinski definition) is 5. The van der Waals surface area contributed by atoms with Gasteiger partial charge in [-0.2, -0.15) is 0 Å². The van der Waals surface area contributed by atoms with Gasteiger partial charge in [0.15, 0.2) is 0 Å². The topological polar surface area (TPSA) is 131 Å². The van der Waals surface area contributed by atoms with Crippen molar-refractivity contribution < 1.29 is 14.3 Å². The van der Waals surface area contributed by atoms with Gasteiger partial charge in [-0.05, 0) is 31.7 Å². The second-order valence-corrected chi connectivity index (χ2v) is 3.41. The lowest BCUT2D eigenvalue weighted by atomic mass is 10.5. The molecule has 19 heavy (non-hydrogen) atoms. The first kappa shape index (κ1) is 26.4. The molecule has 0 aromatic carbocycles. The zero-order valence-corrected chi connectivity index (χ0v) is 13.3. The highest BCUT2D eigenvalue weighted by molar-refractivity contribution is 7.96. The minimum absolute atomic E-state index is 0.141. The molecule has 0 bridgehead atoms. The van der Waals surface area contributed by atoms with Crippen LogP contribution >= 0.6 is 24.8 Å². The number of carbonyl (C=O) groups excluding carboxylic acids is 2. The molecule has 0 aromatic heterocycles. The predicted molar refractivity (Wildman–Crippen MR) is 84.2 cm³/mol. The number of primary amides is 1. The molecule has 0 heterocycles. The highest BCUT2D eigenvalue weighted by atomic mass is 32.1. The highest BCUT2D eigenvalue weighted by Gasteiger charge is 1.81. The summed E-state index contributed by atoms with van der Waals surface area (Å²) in [5.41, 5.74) is 9.32. The average molecular weight is 312 g/mol. The summed E-state index contributed by atoms with van der Waals surface area (Å²) >= 11 is 7.52. The third-order valence-corrected chi connectivity index (χ3v) is 1.07. The molecule has 0 aromatic rings. The average Bonchev–Trinajstić information content (AvgIpc) is 2.28. The van der Waals surface area contributed by atoms with Gasteiger partial charge < -0.3 is 21.5 Å². The van der Waals surface area contributed by atoms with E-state index in [0.29, 0.717) is 6.61 Å². The summed E-state index contributed by atoms with van der Waals surface area (Å²) in [6.45, 7) is 9.02. The van der Waals surface area contributed by atoms with E-state index in [0.717, 1.165) is 25.6 Å². The van der Waals surface area contributed by atoms with Crippen LogP contribution < -0.4 is 16.8 Å². The van der Waals surface area contributed by atoms with Gasteiger partial charge in [0.1, 0.15) is 0 Å². The van der Waals surface area contributed by atoms with Crippen molar-refractivity contribution >= 4 is 41.3 Å². The number of hydrogen-bond acceptors (Lipinski definition) is 6. The Morgan fingerprint density at radius 2 is 1.68 bits per heavy atom. The van der Waals surface area contributed by atoms with Crippen LogP contribution in [0, 0.1) is 5.41 Å². The molecule has 0 fully saturated rings. The lowest BCUT2D eigenvalue weighted by Gasteiger charge is -1.96. The van der Waals surface area contributed by atoms with Crippen LogP contribution in [0.25, 0.3) is 0 Å². The largest absolute Gasteiger partial charge is 0.471 e.